The fourth-order valence-corrected chi connectivity index (χ4v) is 4.70. The van der Waals surface area contributed by atoms with Crippen LogP contribution in [0.1, 0.15) is 18.1 Å². The Hall–Kier alpha value is -3.91. The molecule has 3 aromatic carbocycles. The molecule has 1 atom stereocenters. The number of para-hydroxylation sites is 1. The molecule has 0 aliphatic carbocycles. The van der Waals surface area contributed by atoms with Gasteiger partial charge in [0.1, 0.15) is 0 Å². The van der Waals surface area contributed by atoms with Gasteiger partial charge in [-0.2, -0.15) is 0 Å². The lowest BCUT2D eigenvalue weighted by atomic mass is 10.2. The highest BCUT2D eigenvalue weighted by Gasteiger charge is 2.22. The van der Waals surface area contributed by atoms with Crippen LogP contribution in [0, 0.1) is 6.92 Å². The molecule has 0 radical (unpaired) electrons. The summed E-state index contributed by atoms with van der Waals surface area (Å²) in [5, 5.41) is 12.4. The quantitative estimate of drug-likeness (QED) is 0.378. The summed E-state index contributed by atoms with van der Waals surface area (Å²) in [6.45, 7) is 4.30. The highest BCUT2D eigenvalue weighted by atomic mass is 32.2. The lowest BCUT2D eigenvalue weighted by molar-refractivity contribution is -0.120. The maximum absolute atomic E-state index is 13.4. The van der Waals surface area contributed by atoms with E-state index in [1.54, 1.807) is 10.6 Å². The highest BCUT2D eigenvalue weighted by Crippen LogP contribution is 2.26. The van der Waals surface area contributed by atoms with Crippen LogP contribution in [-0.2, 0) is 11.3 Å². The molecule has 1 amide bonds. The lowest BCUT2D eigenvalue weighted by Gasteiger charge is -2.13. The molecule has 0 saturated carbocycles. The number of hydrogen-bond acceptors (Lipinski definition) is 5. The Morgan fingerprint density at radius 1 is 0.971 bits per heavy atom. The molecule has 7 nitrogen and oxygen atoms in total. The zero-order valence-corrected chi connectivity index (χ0v) is 19.6. The minimum Gasteiger partial charge on any atom is -0.351 e. The van der Waals surface area contributed by atoms with Crippen LogP contribution >= 0.6 is 11.8 Å². The van der Waals surface area contributed by atoms with Crippen molar-refractivity contribution in [1.82, 2.24) is 24.5 Å². The minimum absolute atomic E-state index is 0.0956. The molecular formula is C26H23N5O2S. The molecule has 0 bridgehead atoms. The third kappa shape index (κ3) is 4.08. The van der Waals surface area contributed by atoms with Gasteiger partial charge in [0.2, 0.25) is 11.7 Å². The molecule has 170 valence electrons. The zero-order chi connectivity index (χ0) is 23.7. The third-order valence-electron chi connectivity index (χ3n) is 5.65. The smallest absolute Gasteiger partial charge is 0.267 e. The molecule has 0 fully saturated rings. The van der Waals surface area contributed by atoms with Crippen LogP contribution < -0.4 is 10.9 Å². The molecule has 2 aromatic heterocycles. The van der Waals surface area contributed by atoms with Crippen LogP contribution in [0.5, 0.6) is 0 Å². The number of thioether (sulfide) groups is 1. The summed E-state index contributed by atoms with van der Waals surface area (Å²) in [5.74, 6) is 0.314. The van der Waals surface area contributed by atoms with Crippen molar-refractivity contribution in [2.75, 3.05) is 0 Å². The van der Waals surface area contributed by atoms with Crippen molar-refractivity contribution < 1.29 is 4.79 Å². The summed E-state index contributed by atoms with van der Waals surface area (Å²) >= 11 is 1.31. The summed E-state index contributed by atoms with van der Waals surface area (Å²) < 4.78 is 3.42. The van der Waals surface area contributed by atoms with E-state index in [0.717, 1.165) is 11.1 Å². The van der Waals surface area contributed by atoms with Crippen molar-refractivity contribution in [2.45, 2.75) is 30.8 Å². The van der Waals surface area contributed by atoms with E-state index in [2.05, 4.69) is 15.5 Å². The molecule has 34 heavy (non-hydrogen) atoms. The van der Waals surface area contributed by atoms with E-state index >= 15 is 0 Å². The fraction of sp³-hybridized carbons (Fsp3) is 0.154. The monoisotopic (exact) mass is 469 g/mol. The molecule has 2 heterocycles. The predicted molar refractivity (Wildman–Crippen MR) is 134 cm³/mol. The van der Waals surface area contributed by atoms with Crippen molar-refractivity contribution in [3.63, 3.8) is 0 Å². The van der Waals surface area contributed by atoms with Crippen molar-refractivity contribution in [2.24, 2.45) is 0 Å². The van der Waals surface area contributed by atoms with Crippen molar-refractivity contribution in [1.29, 1.82) is 0 Å². The minimum atomic E-state index is -0.408. The number of hydrogen-bond donors (Lipinski definition) is 1. The SMILES string of the molecule is Cc1ccc(-n2c(=O)c3ccccc3n3c(SC(C)C(=O)NCc4ccccc4)nnc23)cc1. The van der Waals surface area contributed by atoms with Gasteiger partial charge in [-0.3, -0.25) is 14.0 Å². The number of aryl methyl sites for hydroxylation is 1. The Morgan fingerprint density at radius 2 is 1.68 bits per heavy atom. The van der Waals surface area contributed by atoms with Gasteiger partial charge in [0.15, 0.2) is 5.16 Å². The Kier molecular flexibility index (Phi) is 5.90. The second kappa shape index (κ2) is 9.15. The number of carbonyl (C=O) groups is 1. The molecule has 0 saturated heterocycles. The van der Waals surface area contributed by atoms with E-state index < -0.39 is 5.25 Å². The van der Waals surface area contributed by atoms with Gasteiger partial charge < -0.3 is 5.32 Å². The first kappa shape index (κ1) is 21.9. The molecule has 5 aromatic rings. The molecule has 0 aliphatic heterocycles. The molecule has 1 unspecified atom stereocenters. The number of nitrogens with one attached hydrogen (secondary N) is 1. The van der Waals surface area contributed by atoms with Crippen molar-refractivity contribution >= 4 is 34.3 Å². The number of amides is 1. The van der Waals surface area contributed by atoms with E-state index in [9.17, 15) is 9.59 Å². The maximum atomic E-state index is 13.4. The summed E-state index contributed by atoms with van der Waals surface area (Å²) in [7, 11) is 0. The Bertz CT molecular complexity index is 1540. The summed E-state index contributed by atoms with van der Waals surface area (Å²) in [6.07, 6.45) is 0. The molecule has 0 aliphatic rings. The molecule has 1 N–H and O–H groups in total. The summed E-state index contributed by atoms with van der Waals surface area (Å²) in [5.41, 5.74) is 3.39. The Labute approximate surface area is 200 Å². The van der Waals surface area contributed by atoms with Gasteiger partial charge in [0.25, 0.3) is 5.56 Å². The van der Waals surface area contributed by atoms with Crippen LogP contribution in [-0.4, -0.2) is 30.3 Å². The first-order valence-electron chi connectivity index (χ1n) is 11.0. The first-order chi connectivity index (χ1) is 16.5. The van der Waals surface area contributed by atoms with Crippen LogP contribution in [0.3, 0.4) is 0 Å². The van der Waals surface area contributed by atoms with Crippen LogP contribution in [0.2, 0.25) is 0 Å². The molecular weight excluding hydrogens is 446 g/mol. The second-order valence-corrected chi connectivity index (χ2v) is 9.38. The standard InChI is InChI=1S/C26H23N5O2S/c1-17-12-14-20(15-13-17)30-24(33)21-10-6-7-11-22(21)31-25(30)28-29-26(31)34-18(2)23(32)27-16-19-8-4-3-5-9-19/h3-15,18H,16H2,1-2H3,(H,27,32). The van der Waals surface area contributed by atoms with Crippen molar-refractivity contribution in [3.05, 3.63) is 100 Å². The van der Waals surface area contributed by atoms with Crippen LogP contribution in [0.4, 0.5) is 0 Å². The van der Waals surface area contributed by atoms with E-state index in [1.807, 2.05) is 91.0 Å². The van der Waals surface area contributed by atoms with E-state index in [0.29, 0.717) is 34.1 Å². The fourth-order valence-electron chi connectivity index (χ4n) is 3.82. The average molecular weight is 470 g/mol. The zero-order valence-electron chi connectivity index (χ0n) is 18.8. The van der Waals surface area contributed by atoms with E-state index in [1.165, 1.54) is 11.8 Å². The first-order valence-corrected chi connectivity index (χ1v) is 11.8. The predicted octanol–water partition coefficient (Wildman–Crippen LogP) is 4.14. The van der Waals surface area contributed by atoms with E-state index in [-0.39, 0.29) is 11.5 Å². The molecule has 8 heteroatoms. The van der Waals surface area contributed by atoms with E-state index in [4.69, 9.17) is 0 Å². The van der Waals surface area contributed by atoms with Gasteiger partial charge in [-0.1, -0.05) is 71.9 Å². The Morgan fingerprint density at radius 3 is 2.44 bits per heavy atom. The average Bonchev–Trinajstić information content (AvgIpc) is 3.27. The number of benzene rings is 3. The lowest BCUT2D eigenvalue weighted by Crippen LogP contribution is -2.30. The van der Waals surface area contributed by atoms with Crippen LogP contribution in [0.15, 0.2) is 88.8 Å². The second-order valence-electron chi connectivity index (χ2n) is 8.07. The number of carbonyl (C=O) groups excluding carboxylic acids is 1. The number of fused-ring (bicyclic) bond motifs is 3. The maximum Gasteiger partial charge on any atom is 0.267 e. The van der Waals surface area contributed by atoms with Gasteiger partial charge in [-0.25, -0.2) is 4.57 Å². The molecule has 5 rings (SSSR count). The van der Waals surface area contributed by atoms with Gasteiger partial charge in [0.05, 0.1) is 21.8 Å². The highest BCUT2D eigenvalue weighted by molar-refractivity contribution is 8.00. The van der Waals surface area contributed by atoms with Crippen molar-refractivity contribution in [3.8, 4) is 5.69 Å². The summed E-state index contributed by atoms with van der Waals surface area (Å²) in [4.78, 5) is 26.2. The summed E-state index contributed by atoms with van der Waals surface area (Å²) in [6, 6.07) is 24.9. The van der Waals surface area contributed by atoms with Gasteiger partial charge >= 0.3 is 0 Å². The van der Waals surface area contributed by atoms with Gasteiger partial charge in [-0.05, 0) is 43.7 Å². The molecule has 0 spiro atoms. The van der Waals surface area contributed by atoms with Gasteiger partial charge in [0, 0.05) is 6.54 Å². The van der Waals surface area contributed by atoms with Crippen LogP contribution in [0.25, 0.3) is 22.4 Å². The topological polar surface area (TPSA) is 81.3 Å². The number of rotatable bonds is 6. The van der Waals surface area contributed by atoms with Gasteiger partial charge in [-0.15, -0.1) is 10.2 Å². The third-order valence-corrected chi connectivity index (χ3v) is 6.69. The normalized spacial score (nSPS) is 12.2. The number of aromatic nitrogens is 4. The number of nitrogens with zero attached hydrogens (tertiary/aromatic N) is 4. The largest absolute Gasteiger partial charge is 0.351 e. The Balaban J connectivity index is 1.53.